The summed E-state index contributed by atoms with van der Waals surface area (Å²) in [5.74, 6) is -7.54. The van der Waals surface area contributed by atoms with Gasteiger partial charge in [0.05, 0.1) is 60.4 Å². The van der Waals surface area contributed by atoms with Gasteiger partial charge < -0.3 is 51.1 Å². The molecule has 8 N–H and O–H groups in total. The summed E-state index contributed by atoms with van der Waals surface area (Å²) in [7, 11) is 2.91. The predicted octanol–water partition coefficient (Wildman–Crippen LogP) is 8.42. The van der Waals surface area contributed by atoms with E-state index in [4.69, 9.17) is 44.0 Å². The summed E-state index contributed by atoms with van der Waals surface area (Å²) in [4.78, 5) is 149. The van der Waals surface area contributed by atoms with E-state index < -0.39 is 90.0 Å². The molecule has 1 aliphatic carbocycles. The maximum absolute atomic E-state index is 14.5. The van der Waals surface area contributed by atoms with Crippen molar-refractivity contribution in [3.05, 3.63) is 129 Å². The van der Waals surface area contributed by atoms with Crippen molar-refractivity contribution < 1.29 is 62.8 Å². The van der Waals surface area contributed by atoms with Crippen LogP contribution in [0.15, 0.2) is 74.7 Å². The molecular formula is C60H58N14O13S6. The van der Waals surface area contributed by atoms with Crippen LogP contribution in [0.4, 0.5) is 5.82 Å². The number of aromatic nitrogens is 8. The SMILES string of the molecule is CNC(=O)C[C@@H]1NC(=O)c2csc(n2)-c2ccc(-c3nc(N(Cc4coc(C(=O)O)n4)C(=O)C4CCC(C(=O)O)CC4)cs3)nc2-c2csc(n2)-c2csc(n2)[C@H]([C@@H](O)c2ccccc2)NC(=O)CNC(=O)c2nc(sc2COC)C(C(C)C)NC(=O)c2nc1sc2C. The lowest BCUT2D eigenvalue weighted by atomic mass is 9.81. The molecule has 93 heavy (non-hydrogen) atoms. The van der Waals surface area contributed by atoms with Crippen molar-refractivity contribution in [1.82, 2.24) is 66.5 Å². The lowest BCUT2D eigenvalue weighted by molar-refractivity contribution is -0.144. The third-order valence-electron chi connectivity index (χ3n) is 15.3. The molecule has 33 heteroatoms. The second kappa shape index (κ2) is 28.5. The normalized spacial score (nSPS) is 18.4. The molecule has 0 spiro atoms. The Kier molecular flexibility index (Phi) is 20.1. The van der Waals surface area contributed by atoms with E-state index in [2.05, 4.69) is 31.6 Å². The standard InChI is InChI=1S/C60H58N14O13S6/c1-26(2)42-57-73-45(38(93-57)21-86-5)49(79)62-18-41(76)70-46(47(77)28-9-7-6-8-10-28)56-68-37(24-90-56)54-66-35(22-89-54)44-32(52-67-36(23-88-52)48(78)65-34(17-40(75)61-4)55-72-43(27(3)92-55)50(80)71-42)15-16-33(64-44)53-69-39(25-91-53)74(19-31-20-87-51(63-31)60(84)85)58(81)29-11-13-30(14-12-29)59(82)83/h6-10,15-16,20,22-26,29-30,34,42,46-47,77H,11-14,17-19,21H2,1-5H3,(H,61,75)(H,62,79)(H,65,78)(H,70,76)(H,71,80)(H,82,83)(H,84,85)/t29?,30?,34-,42?,46-,47-/m0/s1. The first kappa shape index (κ1) is 65.5. The van der Waals surface area contributed by atoms with Gasteiger partial charge in [-0.05, 0) is 56.2 Å². The number of carboxylic acids is 2. The van der Waals surface area contributed by atoms with E-state index in [1.165, 1.54) is 30.4 Å². The van der Waals surface area contributed by atoms with Crippen LogP contribution in [0.5, 0.6) is 0 Å². The van der Waals surface area contributed by atoms with Gasteiger partial charge in [0.1, 0.15) is 88.4 Å². The highest BCUT2D eigenvalue weighted by molar-refractivity contribution is 7.15. The maximum atomic E-state index is 14.5. The van der Waals surface area contributed by atoms with Crippen LogP contribution in [-0.2, 0) is 37.1 Å². The smallest absolute Gasteiger partial charge is 0.392 e. The average Bonchev–Trinajstić information content (AvgIpc) is 1.72. The van der Waals surface area contributed by atoms with Gasteiger partial charge in [0, 0.05) is 52.0 Å². The van der Waals surface area contributed by atoms with Gasteiger partial charge in [-0.25, -0.2) is 44.7 Å². The largest absolute Gasteiger partial charge is 0.481 e. The molecule has 6 amide bonds. The number of benzene rings is 1. The van der Waals surface area contributed by atoms with Crippen LogP contribution in [0.2, 0.25) is 0 Å². The van der Waals surface area contributed by atoms with Crippen molar-refractivity contribution >= 4 is 121 Å². The van der Waals surface area contributed by atoms with E-state index in [1.807, 2.05) is 13.8 Å². The summed E-state index contributed by atoms with van der Waals surface area (Å²) in [6.07, 6.45) is 0.752. The number of nitrogens with one attached hydrogen (secondary N) is 5. The molecule has 0 radical (unpaired) electrons. The number of pyridine rings is 1. The van der Waals surface area contributed by atoms with Crippen molar-refractivity contribution in [2.45, 2.75) is 90.3 Å². The number of ether oxygens (including phenoxy) is 1. The second-order valence-corrected chi connectivity index (χ2v) is 27.7. The molecular weight excluding hydrogens is 1320 g/mol. The van der Waals surface area contributed by atoms with E-state index in [1.54, 1.807) is 70.9 Å². The summed E-state index contributed by atoms with van der Waals surface area (Å²) in [6.45, 7) is 4.65. The van der Waals surface area contributed by atoms with Crippen LogP contribution in [-0.4, -0.2) is 123 Å². The van der Waals surface area contributed by atoms with Crippen molar-refractivity contribution in [2.75, 3.05) is 25.6 Å². The predicted molar refractivity (Wildman–Crippen MR) is 345 cm³/mol. The number of oxazole rings is 1. The van der Waals surface area contributed by atoms with Gasteiger partial charge in [0.25, 0.3) is 17.7 Å². The Balaban J connectivity index is 0.988. The number of nitrogens with zero attached hydrogens (tertiary/aromatic N) is 9. The number of carbonyl (C=O) groups is 8. The first-order chi connectivity index (χ1) is 44.7. The molecule has 1 aromatic carbocycles. The molecule has 4 atom stereocenters. The number of amides is 6. The van der Waals surface area contributed by atoms with Gasteiger partial charge >= 0.3 is 17.8 Å². The number of aromatic carboxylic acids is 1. The summed E-state index contributed by atoms with van der Waals surface area (Å²) >= 11 is 6.95. The summed E-state index contributed by atoms with van der Waals surface area (Å²) < 4.78 is 10.6. The number of aliphatic hydroxyl groups is 1. The van der Waals surface area contributed by atoms with Crippen molar-refractivity contribution in [3.8, 4) is 43.4 Å². The number of thiazole rings is 6. The fourth-order valence-corrected chi connectivity index (χ4v) is 16.0. The number of hydrogen-bond acceptors (Lipinski definition) is 25. The minimum absolute atomic E-state index is 0.0180. The van der Waals surface area contributed by atoms with E-state index in [9.17, 15) is 53.7 Å². The van der Waals surface area contributed by atoms with Crippen molar-refractivity contribution in [1.29, 1.82) is 0 Å². The third-order valence-corrected chi connectivity index (χ3v) is 21.0. The van der Waals surface area contributed by atoms with Crippen molar-refractivity contribution in [3.63, 3.8) is 0 Å². The Labute approximate surface area is 553 Å². The van der Waals surface area contributed by atoms with E-state index in [-0.39, 0.29) is 83.5 Å². The first-order valence-electron chi connectivity index (χ1n) is 28.9. The highest BCUT2D eigenvalue weighted by atomic mass is 32.1. The second-order valence-electron chi connectivity index (χ2n) is 21.9. The molecule has 1 fully saturated rings. The molecule has 11 rings (SSSR count). The van der Waals surface area contributed by atoms with Crippen LogP contribution in [0.3, 0.4) is 0 Å². The maximum Gasteiger partial charge on any atom is 0.392 e. The van der Waals surface area contributed by atoms with Crippen molar-refractivity contribution in [2.24, 2.45) is 17.8 Å². The summed E-state index contributed by atoms with van der Waals surface area (Å²) in [5.41, 5.74) is 2.38. The molecule has 1 aliphatic heterocycles. The Morgan fingerprint density at radius 3 is 2.12 bits per heavy atom. The minimum Gasteiger partial charge on any atom is -0.481 e. The summed E-state index contributed by atoms with van der Waals surface area (Å²) in [6, 6.07) is 9.20. The quantitative estimate of drug-likeness (QED) is 0.0506. The average molecular weight is 1380 g/mol. The molecule has 1 saturated carbocycles. The Morgan fingerprint density at radius 1 is 0.699 bits per heavy atom. The molecule has 482 valence electrons. The lowest BCUT2D eigenvalue weighted by Crippen LogP contribution is -2.40. The van der Waals surface area contributed by atoms with E-state index >= 15 is 0 Å². The highest BCUT2D eigenvalue weighted by Gasteiger charge is 2.36. The van der Waals surface area contributed by atoms with Gasteiger partial charge in [-0.2, -0.15) is 0 Å². The lowest BCUT2D eigenvalue weighted by Gasteiger charge is -2.29. The van der Waals surface area contributed by atoms with E-state index in [0.29, 0.717) is 75.8 Å². The molecule has 1 unspecified atom stereocenters. The van der Waals surface area contributed by atoms with Gasteiger partial charge in [-0.3, -0.25) is 38.5 Å². The molecule has 0 saturated heterocycles. The number of carboxylic acid groups (broad SMARTS) is 2. The number of aliphatic hydroxyl groups excluding tert-OH is 1. The zero-order valence-electron chi connectivity index (χ0n) is 50.0. The topological polar surface area (TPSA) is 386 Å². The van der Waals surface area contributed by atoms with Crippen LogP contribution in [0, 0.1) is 24.7 Å². The number of rotatable bonds is 14. The molecule has 27 nitrogen and oxygen atoms in total. The van der Waals surface area contributed by atoms with E-state index in [0.717, 1.165) is 62.9 Å². The number of carbonyl (C=O) groups excluding carboxylic acids is 6. The first-order valence-corrected chi connectivity index (χ1v) is 34.0. The molecule has 2 aliphatic rings. The number of aliphatic carboxylic acids is 1. The summed E-state index contributed by atoms with van der Waals surface area (Å²) in [5, 5.41) is 54.0. The number of anilines is 1. The van der Waals surface area contributed by atoms with Gasteiger partial charge in [0.2, 0.25) is 17.7 Å². The Hall–Kier alpha value is -8.96. The molecule has 9 heterocycles. The highest BCUT2D eigenvalue weighted by Crippen LogP contribution is 2.41. The number of aryl methyl sites for hydroxylation is 1. The van der Waals surface area contributed by atoms with Crippen LogP contribution >= 0.6 is 68.0 Å². The zero-order valence-corrected chi connectivity index (χ0v) is 54.9. The van der Waals surface area contributed by atoms with Crippen LogP contribution in [0.25, 0.3) is 43.4 Å². The fourth-order valence-electron chi connectivity index (χ4n) is 10.4. The zero-order chi connectivity index (χ0) is 65.8. The molecule has 9 aromatic rings. The number of fused-ring (bicyclic) bond motifs is 14. The molecule has 10 bridgehead atoms. The Morgan fingerprint density at radius 2 is 1.40 bits per heavy atom. The number of hydrogen-bond donors (Lipinski definition) is 8. The van der Waals surface area contributed by atoms with Crippen LogP contribution < -0.4 is 31.5 Å². The Bertz CT molecular complexity index is 4300. The minimum atomic E-state index is -1.40. The van der Waals surface area contributed by atoms with Gasteiger partial charge in [-0.15, -0.1) is 68.0 Å². The van der Waals surface area contributed by atoms with Crippen LogP contribution in [0.1, 0.15) is 148 Å². The third kappa shape index (κ3) is 14.6. The van der Waals surface area contributed by atoms with Gasteiger partial charge in [-0.1, -0.05) is 44.2 Å². The fraction of sp³-hybridized carbons (Fsp3) is 0.333. The van der Waals surface area contributed by atoms with Gasteiger partial charge in [0.15, 0.2) is 0 Å². The monoisotopic (exact) mass is 1370 g/mol. The number of methoxy groups -OCH3 is 1. The molecule has 8 aromatic heterocycles.